The number of benzene rings is 2. The smallest absolute Gasteiger partial charge is 0.249 e. The number of Topliss-reactive ketones (excluding diaryl/α,β-unsaturated/α-hetero) is 2. The van der Waals surface area contributed by atoms with Gasteiger partial charge in [0.1, 0.15) is 5.70 Å². The molecule has 1 aliphatic carbocycles. The summed E-state index contributed by atoms with van der Waals surface area (Å²) >= 11 is 0. The molecule has 0 spiro atoms. The molecule has 32 heavy (non-hydrogen) atoms. The predicted molar refractivity (Wildman–Crippen MR) is 124 cm³/mol. The number of piperidine rings is 1. The van der Waals surface area contributed by atoms with Gasteiger partial charge in [0.25, 0.3) is 0 Å². The lowest BCUT2D eigenvalue weighted by Crippen LogP contribution is -2.44. The third-order valence-corrected chi connectivity index (χ3v) is 8.11. The van der Waals surface area contributed by atoms with Crippen LogP contribution in [0.5, 0.6) is 0 Å². The number of carbonyl (C=O) groups is 2. The average molecular weight is 453 g/mol. The number of carbonyl (C=O) groups excluding carboxylic acids is 2. The van der Waals surface area contributed by atoms with Crippen molar-refractivity contribution in [2.24, 2.45) is 0 Å². The van der Waals surface area contributed by atoms with Gasteiger partial charge in [-0.05, 0) is 38.7 Å². The van der Waals surface area contributed by atoms with Gasteiger partial charge in [-0.3, -0.25) is 9.59 Å². The van der Waals surface area contributed by atoms with Gasteiger partial charge in [0.05, 0.1) is 0 Å². The zero-order valence-corrected chi connectivity index (χ0v) is 19.3. The largest absolute Gasteiger partial charge is 0.367 e. The highest BCUT2D eigenvalue weighted by atomic mass is 32.2. The first kappa shape index (κ1) is 22.4. The molecule has 0 N–H and O–H groups in total. The number of hydrogen-bond donors (Lipinski definition) is 0. The van der Waals surface area contributed by atoms with Gasteiger partial charge in [0, 0.05) is 36.8 Å². The van der Waals surface area contributed by atoms with E-state index in [1.165, 1.54) is 10.4 Å². The number of allylic oxidation sites excluding steroid dienone is 2. The lowest BCUT2D eigenvalue weighted by Gasteiger charge is -2.35. The Morgan fingerprint density at radius 1 is 0.844 bits per heavy atom. The summed E-state index contributed by atoms with van der Waals surface area (Å²) in [4.78, 5) is 28.6. The maximum Gasteiger partial charge on any atom is 0.249 e. The highest BCUT2D eigenvalue weighted by Crippen LogP contribution is 2.35. The summed E-state index contributed by atoms with van der Waals surface area (Å²) in [5.41, 5.74) is 1.28. The quantitative estimate of drug-likeness (QED) is 0.662. The molecular weight excluding hydrogens is 424 g/mol. The van der Waals surface area contributed by atoms with E-state index in [-0.39, 0.29) is 34.1 Å². The first-order valence-electron chi connectivity index (χ1n) is 11.1. The second kappa shape index (κ2) is 9.00. The highest BCUT2D eigenvalue weighted by Gasteiger charge is 2.44. The molecule has 1 saturated heterocycles. The van der Waals surface area contributed by atoms with Crippen molar-refractivity contribution in [2.75, 3.05) is 13.1 Å². The lowest BCUT2D eigenvalue weighted by molar-refractivity contribution is 0.0938. The molecule has 168 valence electrons. The fraction of sp³-hybridized carbons (Fsp3) is 0.360. The van der Waals surface area contributed by atoms with E-state index in [4.69, 9.17) is 0 Å². The van der Waals surface area contributed by atoms with Crippen molar-refractivity contribution in [2.45, 2.75) is 45.7 Å². The maximum absolute atomic E-state index is 14.0. The van der Waals surface area contributed by atoms with Crippen LogP contribution in [0.3, 0.4) is 0 Å². The van der Waals surface area contributed by atoms with Crippen LogP contribution in [0.1, 0.15) is 59.4 Å². The van der Waals surface area contributed by atoms with Gasteiger partial charge >= 0.3 is 0 Å². The number of rotatable bonds is 6. The van der Waals surface area contributed by atoms with Crippen molar-refractivity contribution in [1.29, 1.82) is 0 Å². The zero-order chi connectivity index (χ0) is 22.9. The number of hydrogen-bond acceptors (Lipinski definition) is 5. The molecular formula is C25H28N2O4S. The van der Waals surface area contributed by atoms with E-state index in [1.807, 2.05) is 30.3 Å². The van der Waals surface area contributed by atoms with Crippen LogP contribution >= 0.6 is 0 Å². The van der Waals surface area contributed by atoms with Crippen molar-refractivity contribution in [3.63, 3.8) is 0 Å². The SMILES string of the molecule is CC(C)N(Cc1ccccc1)S(=O)(=O)C1=C(N2CCCCC2)C(=O)c2ccccc2C1=O. The summed E-state index contributed by atoms with van der Waals surface area (Å²) < 4.78 is 29.4. The molecule has 4 rings (SSSR count). The summed E-state index contributed by atoms with van der Waals surface area (Å²) in [5, 5.41) is 0. The monoisotopic (exact) mass is 452 g/mol. The molecule has 2 aliphatic rings. The lowest BCUT2D eigenvalue weighted by atomic mass is 9.91. The van der Waals surface area contributed by atoms with Gasteiger partial charge in [-0.1, -0.05) is 54.6 Å². The Hall–Kier alpha value is -2.77. The molecule has 0 saturated carbocycles. The van der Waals surface area contributed by atoms with Crippen LogP contribution in [0.2, 0.25) is 0 Å². The minimum atomic E-state index is -4.24. The fourth-order valence-electron chi connectivity index (χ4n) is 4.41. The Balaban J connectivity index is 1.88. The average Bonchev–Trinajstić information content (AvgIpc) is 2.80. The van der Waals surface area contributed by atoms with E-state index in [0.29, 0.717) is 13.1 Å². The summed E-state index contributed by atoms with van der Waals surface area (Å²) in [5.74, 6) is -0.983. The molecule has 1 aliphatic heterocycles. The van der Waals surface area contributed by atoms with Crippen LogP contribution in [0, 0.1) is 0 Å². The van der Waals surface area contributed by atoms with E-state index in [0.717, 1.165) is 24.8 Å². The standard InChI is InChI=1S/C25H28N2O4S/c1-18(2)27(17-19-11-5-3-6-12-19)32(30,31)25-22(26-15-9-4-10-16-26)23(28)20-13-7-8-14-21(20)24(25)29/h3,5-8,11-14,18H,4,9-10,15-17H2,1-2H3. The van der Waals surface area contributed by atoms with E-state index in [9.17, 15) is 18.0 Å². The van der Waals surface area contributed by atoms with Crippen LogP contribution < -0.4 is 0 Å². The van der Waals surface area contributed by atoms with E-state index >= 15 is 0 Å². The molecule has 2 aromatic rings. The number of likely N-dealkylation sites (tertiary alicyclic amines) is 1. The number of sulfonamides is 1. The summed E-state index contributed by atoms with van der Waals surface area (Å²) in [6.07, 6.45) is 2.74. The molecule has 6 nitrogen and oxygen atoms in total. The van der Waals surface area contributed by atoms with Crippen LogP contribution in [-0.2, 0) is 16.6 Å². The molecule has 2 aromatic carbocycles. The summed E-state index contributed by atoms with van der Waals surface area (Å²) in [7, 11) is -4.24. The van der Waals surface area contributed by atoms with Crippen LogP contribution in [-0.4, -0.2) is 48.3 Å². The third kappa shape index (κ3) is 4.02. The Morgan fingerprint density at radius 2 is 1.41 bits per heavy atom. The minimum absolute atomic E-state index is 0.0344. The number of nitrogens with zero attached hydrogens (tertiary/aromatic N) is 2. The molecule has 1 fully saturated rings. The van der Waals surface area contributed by atoms with Gasteiger partial charge < -0.3 is 4.90 Å². The van der Waals surface area contributed by atoms with E-state index in [1.54, 1.807) is 36.9 Å². The van der Waals surface area contributed by atoms with Crippen molar-refractivity contribution in [1.82, 2.24) is 9.21 Å². The molecule has 0 aromatic heterocycles. The Morgan fingerprint density at radius 3 is 2.00 bits per heavy atom. The summed E-state index contributed by atoms with van der Waals surface area (Å²) in [6, 6.07) is 15.4. The molecule has 0 radical (unpaired) electrons. The third-order valence-electron chi connectivity index (χ3n) is 6.05. The normalized spacial score (nSPS) is 17.3. The number of ketones is 2. The molecule has 7 heteroatoms. The molecule has 0 atom stereocenters. The van der Waals surface area contributed by atoms with Gasteiger partial charge in [-0.15, -0.1) is 0 Å². The Kier molecular flexibility index (Phi) is 6.31. The van der Waals surface area contributed by atoms with E-state index in [2.05, 4.69) is 0 Å². The molecule has 1 heterocycles. The van der Waals surface area contributed by atoms with Crippen LogP contribution in [0.25, 0.3) is 0 Å². The van der Waals surface area contributed by atoms with Crippen molar-refractivity contribution in [3.05, 3.63) is 81.9 Å². The topological polar surface area (TPSA) is 74.8 Å². The van der Waals surface area contributed by atoms with Crippen molar-refractivity contribution >= 4 is 21.6 Å². The van der Waals surface area contributed by atoms with Gasteiger partial charge in [0.15, 0.2) is 4.91 Å². The van der Waals surface area contributed by atoms with Gasteiger partial charge in [0.2, 0.25) is 21.6 Å². The first-order chi connectivity index (χ1) is 15.3. The van der Waals surface area contributed by atoms with Crippen molar-refractivity contribution in [3.8, 4) is 0 Å². The minimum Gasteiger partial charge on any atom is -0.367 e. The van der Waals surface area contributed by atoms with Crippen LogP contribution in [0.15, 0.2) is 65.2 Å². The summed E-state index contributed by atoms with van der Waals surface area (Å²) in [6.45, 7) is 4.82. The maximum atomic E-state index is 14.0. The predicted octanol–water partition coefficient (Wildman–Crippen LogP) is 4.00. The Bertz CT molecular complexity index is 1160. The Labute approximate surface area is 189 Å². The highest BCUT2D eigenvalue weighted by molar-refractivity contribution is 7.94. The van der Waals surface area contributed by atoms with Crippen molar-refractivity contribution < 1.29 is 18.0 Å². The molecule has 0 unspecified atom stereocenters. The zero-order valence-electron chi connectivity index (χ0n) is 18.5. The van der Waals surface area contributed by atoms with Gasteiger partial charge in [-0.2, -0.15) is 4.31 Å². The van der Waals surface area contributed by atoms with Gasteiger partial charge in [-0.25, -0.2) is 8.42 Å². The second-order valence-corrected chi connectivity index (χ2v) is 10.4. The molecule has 0 bridgehead atoms. The first-order valence-corrected chi connectivity index (χ1v) is 12.5. The second-order valence-electron chi connectivity index (χ2n) is 8.56. The number of fused-ring (bicyclic) bond motifs is 1. The van der Waals surface area contributed by atoms with E-state index < -0.39 is 21.8 Å². The van der Waals surface area contributed by atoms with Crippen LogP contribution in [0.4, 0.5) is 0 Å². The fourth-order valence-corrected chi connectivity index (χ4v) is 6.33. The molecule has 0 amide bonds.